The minimum atomic E-state index is -0.258. The summed E-state index contributed by atoms with van der Waals surface area (Å²) >= 11 is 0. The molecule has 168 valence electrons. The molecule has 8 nitrogen and oxygen atoms in total. The number of anilines is 3. The van der Waals surface area contributed by atoms with Crippen LogP contribution in [0.2, 0.25) is 0 Å². The number of aromatic nitrogens is 5. The fraction of sp³-hybridized carbons (Fsp3) is 0.400. The lowest BCUT2D eigenvalue weighted by atomic mass is 9.67. The van der Waals surface area contributed by atoms with Crippen molar-refractivity contribution >= 4 is 17.6 Å². The van der Waals surface area contributed by atoms with Crippen molar-refractivity contribution < 1.29 is 0 Å². The Kier molecular flexibility index (Phi) is 4.65. The van der Waals surface area contributed by atoms with Crippen LogP contribution in [0.25, 0.3) is 11.1 Å². The Labute approximate surface area is 193 Å². The van der Waals surface area contributed by atoms with Crippen LogP contribution in [0.1, 0.15) is 37.9 Å². The van der Waals surface area contributed by atoms with E-state index >= 15 is 0 Å². The van der Waals surface area contributed by atoms with Crippen molar-refractivity contribution in [1.82, 2.24) is 30.5 Å². The van der Waals surface area contributed by atoms with Crippen LogP contribution in [0, 0.1) is 5.41 Å². The maximum atomic E-state index is 5.01. The van der Waals surface area contributed by atoms with Crippen LogP contribution in [0.5, 0.6) is 0 Å². The van der Waals surface area contributed by atoms with E-state index in [0.29, 0.717) is 11.8 Å². The number of hydrogen-bond donors (Lipinski definition) is 2. The zero-order valence-electron chi connectivity index (χ0n) is 19.0. The SMILES string of the molecule is CC1(C)C=CC2(CC1)c1cnccc1-c1cnc(Nc3ccc(N4CCNCC4)nn3)nc12. The molecule has 4 heterocycles. The Morgan fingerprint density at radius 2 is 1.85 bits per heavy atom. The lowest BCUT2D eigenvalue weighted by Gasteiger charge is -2.36. The molecule has 0 aromatic carbocycles. The lowest BCUT2D eigenvalue weighted by Crippen LogP contribution is -2.43. The first-order valence-corrected chi connectivity index (χ1v) is 11.6. The highest BCUT2D eigenvalue weighted by Crippen LogP contribution is 2.54. The number of rotatable bonds is 3. The Bertz CT molecular complexity index is 1210. The molecule has 3 aromatic rings. The van der Waals surface area contributed by atoms with Crippen LogP contribution in [0.4, 0.5) is 17.6 Å². The number of nitrogens with zero attached hydrogens (tertiary/aromatic N) is 6. The van der Waals surface area contributed by atoms with Gasteiger partial charge in [0.15, 0.2) is 11.6 Å². The zero-order valence-corrected chi connectivity index (χ0v) is 19.0. The van der Waals surface area contributed by atoms with E-state index in [-0.39, 0.29) is 10.8 Å². The van der Waals surface area contributed by atoms with Crippen molar-refractivity contribution in [3.63, 3.8) is 0 Å². The minimum Gasteiger partial charge on any atom is -0.353 e. The Morgan fingerprint density at radius 1 is 0.970 bits per heavy atom. The van der Waals surface area contributed by atoms with Gasteiger partial charge in [-0.3, -0.25) is 4.98 Å². The summed E-state index contributed by atoms with van der Waals surface area (Å²) < 4.78 is 0. The van der Waals surface area contributed by atoms with E-state index in [1.807, 2.05) is 30.7 Å². The topological polar surface area (TPSA) is 91.8 Å². The smallest absolute Gasteiger partial charge is 0.228 e. The summed E-state index contributed by atoms with van der Waals surface area (Å²) in [7, 11) is 0. The van der Waals surface area contributed by atoms with Crippen molar-refractivity contribution in [1.29, 1.82) is 0 Å². The molecule has 6 rings (SSSR count). The van der Waals surface area contributed by atoms with E-state index in [0.717, 1.165) is 56.1 Å². The molecule has 1 saturated heterocycles. The molecule has 0 bridgehead atoms. The molecule has 3 aromatic heterocycles. The summed E-state index contributed by atoms with van der Waals surface area (Å²) in [6.07, 6.45) is 12.5. The molecular weight excluding hydrogens is 412 g/mol. The summed E-state index contributed by atoms with van der Waals surface area (Å²) in [5.41, 5.74) is 4.45. The van der Waals surface area contributed by atoms with Gasteiger partial charge in [0.25, 0.3) is 0 Å². The molecule has 1 fully saturated rings. The first kappa shape index (κ1) is 20.2. The van der Waals surface area contributed by atoms with Gasteiger partial charge in [-0.25, -0.2) is 9.97 Å². The van der Waals surface area contributed by atoms with Gasteiger partial charge in [-0.05, 0) is 47.6 Å². The van der Waals surface area contributed by atoms with Gasteiger partial charge in [0, 0.05) is 50.3 Å². The van der Waals surface area contributed by atoms with Crippen molar-refractivity contribution in [2.75, 3.05) is 36.4 Å². The Hall–Kier alpha value is -3.39. The Balaban J connectivity index is 1.32. The van der Waals surface area contributed by atoms with Crippen molar-refractivity contribution in [3.05, 3.63) is 60.2 Å². The number of fused-ring (bicyclic) bond motifs is 5. The highest BCUT2D eigenvalue weighted by atomic mass is 15.3. The largest absolute Gasteiger partial charge is 0.353 e. The fourth-order valence-electron chi connectivity index (χ4n) is 5.14. The standard InChI is InChI=1S/C25H28N8/c1-24(2)6-8-25(9-7-24)19-16-27-10-5-17(19)18-15-28-23(30-22(18)25)29-20-3-4-21(32-31-20)33-13-11-26-12-14-33/h3-6,8,10,15-16,26H,7,9,11-14H2,1-2H3,(H,28,29,30,31). The maximum absolute atomic E-state index is 5.01. The molecule has 0 radical (unpaired) electrons. The summed E-state index contributed by atoms with van der Waals surface area (Å²) in [4.78, 5) is 16.3. The third-order valence-electron chi connectivity index (χ3n) is 7.12. The molecule has 3 aliphatic rings. The van der Waals surface area contributed by atoms with Crippen molar-refractivity contribution in [2.24, 2.45) is 5.41 Å². The predicted molar refractivity (Wildman–Crippen MR) is 129 cm³/mol. The van der Waals surface area contributed by atoms with Gasteiger partial charge in [-0.1, -0.05) is 26.0 Å². The summed E-state index contributed by atoms with van der Waals surface area (Å²) in [5, 5.41) is 15.4. The van der Waals surface area contributed by atoms with Crippen LogP contribution in [0.3, 0.4) is 0 Å². The molecule has 1 aliphatic heterocycles. The molecule has 1 unspecified atom stereocenters. The minimum absolute atomic E-state index is 0.187. The average Bonchev–Trinajstić information content (AvgIpc) is 3.12. The van der Waals surface area contributed by atoms with E-state index in [9.17, 15) is 0 Å². The third kappa shape index (κ3) is 3.45. The van der Waals surface area contributed by atoms with E-state index in [4.69, 9.17) is 4.98 Å². The second kappa shape index (κ2) is 7.59. The molecule has 33 heavy (non-hydrogen) atoms. The second-order valence-corrected chi connectivity index (χ2v) is 9.81. The van der Waals surface area contributed by atoms with Crippen LogP contribution in [-0.2, 0) is 5.41 Å². The van der Waals surface area contributed by atoms with Crippen LogP contribution in [0.15, 0.2) is 48.9 Å². The maximum Gasteiger partial charge on any atom is 0.228 e. The van der Waals surface area contributed by atoms with E-state index in [1.165, 1.54) is 11.1 Å². The zero-order chi connectivity index (χ0) is 22.5. The summed E-state index contributed by atoms with van der Waals surface area (Å²) in [6, 6.07) is 6.02. The number of nitrogens with one attached hydrogen (secondary N) is 2. The van der Waals surface area contributed by atoms with Crippen molar-refractivity contribution in [2.45, 2.75) is 32.1 Å². The number of pyridine rings is 1. The second-order valence-electron chi connectivity index (χ2n) is 9.81. The normalized spacial score (nSPS) is 22.8. The quantitative estimate of drug-likeness (QED) is 0.599. The molecule has 0 saturated carbocycles. The van der Waals surface area contributed by atoms with Gasteiger partial charge in [0.05, 0.1) is 11.1 Å². The molecule has 2 N–H and O–H groups in total. The molecule has 1 spiro atoms. The van der Waals surface area contributed by atoms with Crippen LogP contribution in [-0.4, -0.2) is 51.3 Å². The van der Waals surface area contributed by atoms with Gasteiger partial charge in [0.2, 0.25) is 5.95 Å². The highest BCUT2D eigenvalue weighted by Gasteiger charge is 2.46. The summed E-state index contributed by atoms with van der Waals surface area (Å²) in [5.74, 6) is 2.07. The van der Waals surface area contributed by atoms with Gasteiger partial charge >= 0.3 is 0 Å². The third-order valence-corrected chi connectivity index (χ3v) is 7.12. The summed E-state index contributed by atoms with van der Waals surface area (Å²) in [6.45, 7) is 8.39. The monoisotopic (exact) mass is 440 g/mol. The van der Waals surface area contributed by atoms with Gasteiger partial charge < -0.3 is 15.5 Å². The molecule has 8 heteroatoms. The van der Waals surface area contributed by atoms with Crippen LogP contribution < -0.4 is 15.5 Å². The molecule has 2 aliphatic carbocycles. The first-order valence-electron chi connectivity index (χ1n) is 11.6. The van der Waals surface area contributed by atoms with Gasteiger partial charge in [0.1, 0.15) is 0 Å². The number of allylic oxidation sites excluding steroid dienone is 2. The number of hydrogen-bond acceptors (Lipinski definition) is 8. The number of piperazine rings is 1. The van der Waals surface area contributed by atoms with E-state index < -0.39 is 0 Å². The van der Waals surface area contributed by atoms with Crippen LogP contribution >= 0.6 is 0 Å². The van der Waals surface area contributed by atoms with E-state index in [1.54, 1.807) is 0 Å². The van der Waals surface area contributed by atoms with E-state index in [2.05, 4.69) is 67.8 Å². The molecular formula is C25H28N8. The highest BCUT2D eigenvalue weighted by molar-refractivity contribution is 5.80. The van der Waals surface area contributed by atoms with Gasteiger partial charge in [-0.15, -0.1) is 10.2 Å². The fourth-order valence-corrected chi connectivity index (χ4v) is 5.14. The lowest BCUT2D eigenvalue weighted by molar-refractivity contribution is 0.353. The van der Waals surface area contributed by atoms with Gasteiger partial charge in [-0.2, -0.15) is 0 Å². The first-order chi connectivity index (χ1) is 16.0. The predicted octanol–water partition coefficient (Wildman–Crippen LogP) is 3.46. The Morgan fingerprint density at radius 3 is 2.61 bits per heavy atom. The average molecular weight is 441 g/mol. The van der Waals surface area contributed by atoms with Crippen molar-refractivity contribution in [3.8, 4) is 11.1 Å². The molecule has 1 atom stereocenters. The molecule has 0 amide bonds.